The van der Waals surface area contributed by atoms with Crippen LogP contribution < -0.4 is 10.2 Å². The van der Waals surface area contributed by atoms with E-state index < -0.39 is 0 Å². The molecule has 0 unspecified atom stereocenters. The zero-order valence-electron chi connectivity index (χ0n) is 17.3. The van der Waals surface area contributed by atoms with Gasteiger partial charge < -0.3 is 20.2 Å². The molecule has 0 saturated carbocycles. The largest absolute Gasteiger partial charge is 0.506 e. The fourth-order valence-electron chi connectivity index (χ4n) is 3.78. The Morgan fingerprint density at radius 1 is 1.03 bits per heavy atom. The summed E-state index contributed by atoms with van der Waals surface area (Å²) >= 11 is 0. The third-order valence-corrected chi connectivity index (χ3v) is 5.42. The molecular weight excluding hydrogens is 376 g/mol. The van der Waals surface area contributed by atoms with Crippen LogP contribution in [0.1, 0.15) is 5.56 Å². The molecule has 2 aromatic carbocycles. The summed E-state index contributed by atoms with van der Waals surface area (Å²) in [5, 5.41) is 17.8. The summed E-state index contributed by atoms with van der Waals surface area (Å²) in [6, 6.07) is 17.9. The number of anilines is 1. The molecule has 0 bridgehead atoms. The Bertz CT molecular complexity index is 960. The van der Waals surface area contributed by atoms with Crippen LogP contribution in [0.15, 0.2) is 72.0 Å². The minimum Gasteiger partial charge on any atom is -0.506 e. The molecule has 7 nitrogen and oxygen atoms in total. The van der Waals surface area contributed by atoms with Gasteiger partial charge in [-0.2, -0.15) is 5.10 Å². The molecule has 30 heavy (non-hydrogen) atoms. The second-order valence-corrected chi connectivity index (χ2v) is 7.30. The molecule has 7 heteroatoms. The second kappa shape index (κ2) is 9.35. The van der Waals surface area contributed by atoms with Gasteiger partial charge in [-0.05, 0) is 42.3 Å². The summed E-state index contributed by atoms with van der Waals surface area (Å²) in [6.07, 6.45) is 4.65. The molecule has 0 amide bonds. The van der Waals surface area contributed by atoms with Crippen molar-refractivity contribution in [1.82, 2.24) is 20.0 Å². The zero-order chi connectivity index (χ0) is 20.8. The lowest BCUT2D eigenvalue weighted by Gasteiger charge is -2.37. The highest BCUT2D eigenvalue weighted by atomic mass is 16.3. The normalized spacial score (nSPS) is 14.8. The number of guanidine groups is 1. The van der Waals surface area contributed by atoms with Crippen LogP contribution in [0.5, 0.6) is 5.75 Å². The first-order valence-corrected chi connectivity index (χ1v) is 10.3. The van der Waals surface area contributed by atoms with Crippen molar-refractivity contribution in [3.05, 3.63) is 72.6 Å². The van der Waals surface area contributed by atoms with E-state index >= 15 is 0 Å². The molecule has 0 atom stereocenters. The maximum atomic E-state index is 10.1. The topological polar surface area (TPSA) is 68.9 Å². The number of hydrogen-bond acceptors (Lipinski definition) is 4. The molecule has 1 fully saturated rings. The Morgan fingerprint density at radius 3 is 2.47 bits per heavy atom. The van der Waals surface area contributed by atoms with Gasteiger partial charge in [0, 0.05) is 52.2 Å². The lowest BCUT2D eigenvalue weighted by atomic mass is 10.1. The minimum atomic E-state index is 0.340. The smallest absolute Gasteiger partial charge is 0.193 e. The lowest BCUT2D eigenvalue weighted by molar-refractivity contribution is 0.370. The summed E-state index contributed by atoms with van der Waals surface area (Å²) < 4.78 is 1.86. The summed E-state index contributed by atoms with van der Waals surface area (Å²) in [4.78, 5) is 8.96. The summed E-state index contributed by atoms with van der Waals surface area (Å²) in [5.41, 5.74) is 3.24. The molecule has 0 spiro atoms. The van der Waals surface area contributed by atoms with Crippen molar-refractivity contribution in [2.45, 2.75) is 6.42 Å². The van der Waals surface area contributed by atoms with E-state index in [1.54, 1.807) is 12.3 Å². The second-order valence-electron chi connectivity index (χ2n) is 7.30. The predicted octanol–water partition coefficient (Wildman–Crippen LogP) is 2.52. The van der Waals surface area contributed by atoms with E-state index in [4.69, 9.17) is 0 Å². The van der Waals surface area contributed by atoms with Crippen molar-refractivity contribution < 1.29 is 5.11 Å². The molecule has 1 aliphatic rings. The van der Waals surface area contributed by atoms with Gasteiger partial charge in [-0.3, -0.25) is 4.99 Å². The first kappa shape index (κ1) is 19.8. The maximum Gasteiger partial charge on any atom is 0.193 e. The number of aromatic hydroxyl groups is 1. The zero-order valence-corrected chi connectivity index (χ0v) is 17.3. The molecule has 1 aromatic heterocycles. The van der Waals surface area contributed by atoms with E-state index in [2.05, 4.69) is 49.5 Å². The Balaban J connectivity index is 1.26. The van der Waals surface area contributed by atoms with E-state index in [9.17, 15) is 5.11 Å². The van der Waals surface area contributed by atoms with Crippen molar-refractivity contribution in [1.29, 1.82) is 0 Å². The quantitative estimate of drug-likeness (QED) is 0.505. The maximum absolute atomic E-state index is 10.1. The minimum absolute atomic E-state index is 0.340. The van der Waals surface area contributed by atoms with Crippen molar-refractivity contribution in [2.75, 3.05) is 44.7 Å². The number of aliphatic imine (C=N–C) groups is 1. The third-order valence-electron chi connectivity index (χ3n) is 5.42. The summed E-state index contributed by atoms with van der Waals surface area (Å²) in [6.45, 7) is 4.27. The number of hydrogen-bond donors (Lipinski definition) is 2. The molecule has 1 saturated heterocycles. The van der Waals surface area contributed by atoms with Gasteiger partial charge in [-0.1, -0.05) is 24.3 Å². The predicted molar refractivity (Wildman–Crippen MR) is 121 cm³/mol. The van der Waals surface area contributed by atoms with Crippen LogP contribution in [0, 0.1) is 0 Å². The number of para-hydroxylation sites is 2. The Labute approximate surface area is 177 Å². The third kappa shape index (κ3) is 4.56. The van der Waals surface area contributed by atoms with E-state index in [-0.39, 0.29) is 0 Å². The van der Waals surface area contributed by atoms with Gasteiger partial charge in [0.05, 0.1) is 11.4 Å². The van der Waals surface area contributed by atoms with E-state index in [1.165, 1.54) is 5.56 Å². The van der Waals surface area contributed by atoms with E-state index in [0.717, 1.165) is 56.5 Å². The molecule has 0 aliphatic carbocycles. The monoisotopic (exact) mass is 404 g/mol. The highest BCUT2D eigenvalue weighted by Crippen LogP contribution is 2.27. The van der Waals surface area contributed by atoms with Crippen LogP contribution in [-0.2, 0) is 6.42 Å². The number of benzene rings is 2. The molecule has 1 aliphatic heterocycles. The molecular formula is C23H28N6O. The highest BCUT2D eigenvalue weighted by molar-refractivity contribution is 5.80. The van der Waals surface area contributed by atoms with Gasteiger partial charge in [0.25, 0.3) is 0 Å². The van der Waals surface area contributed by atoms with Crippen molar-refractivity contribution >= 4 is 11.6 Å². The van der Waals surface area contributed by atoms with Gasteiger partial charge in [-0.25, -0.2) is 4.68 Å². The molecule has 2 N–H and O–H groups in total. The van der Waals surface area contributed by atoms with Crippen LogP contribution >= 0.6 is 0 Å². The average molecular weight is 405 g/mol. The van der Waals surface area contributed by atoms with Gasteiger partial charge in [0.1, 0.15) is 5.75 Å². The number of phenolic OH excluding ortho intramolecular Hbond substituents is 1. The number of nitrogens with one attached hydrogen (secondary N) is 1. The molecule has 156 valence electrons. The molecule has 4 rings (SSSR count). The van der Waals surface area contributed by atoms with Crippen LogP contribution in [0.3, 0.4) is 0 Å². The first-order valence-electron chi connectivity index (χ1n) is 10.3. The van der Waals surface area contributed by atoms with Gasteiger partial charge in [0.15, 0.2) is 5.96 Å². The van der Waals surface area contributed by atoms with E-state index in [1.807, 2.05) is 42.2 Å². The SMILES string of the molecule is CN=C(NCCc1ccc(-n2cccn2)cc1)N1CCN(c2ccccc2O)CC1. The number of phenols is 1. The highest BCUT2D eigenvalue weighted by Gasteiger charge is 2.21. The van der Waals surface area contributed by atoms with E-state index in [0.29, 0.717) is 5.75 Å². The van der Waals surface area contributed by atoms with Crippen molar-refractivity contribution in [2.24, 2.45) is 4.99 Å². The Morgan fingerprint density at radius 2 is 1.80 bits per heavy atom. The Kier molecular flexibility index (Phi) is 6.17. The first-order chi connectivity index (χ1) is 14.7. The average Bonchev–Trinajstić information content (AvgIpc) is 3.33. The molecule has 0 radical (unpaired) electrons. The lowest BCUT2D eigenvalue weighted by Crippen LogP contribution is -2.52. The van der Waals surface area contributed by atoms with Crippen LogP contribution in [0.25, 0.3) is 5.69 Å². The molecule has 3 aromatic rings. The van der Waals surface area contributed by atoms with Gasteiger partial charge in [0.2, 0.25) is 0 Å². The summed E-state index contributed by atoms with van der Waals surface area (Å²) in [5.74, 6) is 1.27. The van der Waals surface area contributed by atoms with Gasteiger partial charge in [-0.15, -0.1) is 0 Å². The number of rotatable bonds is 5. The number of aromatic nitrogens is 2. The fraction of sp³-hybridized carbons (Fsp3) is 0.304. The number of nitrogens with zero attached hydrogens (tertiary/aromatic N) is 5. The fourth-order valence-corrected chi connectivity index (χ4v) is 3.78. The van der Waals surface area contributed by atoms with Crippen LogP contribution in [0.2, 0.25) is 0 Å². The van der Waals surface area contributed by atoms with Crippen molar-refractivity contribution in [3.63, 3.8) is 0 Å². The van der Waals surface area contributed by atoms with Crippen molar-refractivity contribution in [3.8, 4) is 11.4 Å². The molecule has 2 heterocycles. The standard InChI is InChI=1S/C23H28N6O/c1-24-23(28-17-15-27(16-18-28)21-5-2-3-6-22(21)30)25-13-11-19-7-9-20(10-8-19)29-14-4-12-26-29/h2-10,12,14,30H,11,13,15-18H2,1H3,(H,24,25). The Hall–Kier alpha value is -3.48. The van der Waals surface area contributed by atoms with Crippen LogP contribution in [-0.4, -0.2) is 65.5 Å². The van der Waals surface area contributed by atoms with Gasteiger partial charge >= 0.3 is 0 Å². The summed E-state index contributed by atoms with van der Waals surface area (Å²) in [7, 11) is 1.83. The van der Waals surface area contributed by atoms with Crippen LogP contribution in [0.4, 0.5) is 5.69 Å². The number of piperazine rings is 1.